The van der Waals surface area contributed by atoms with Gasteiger partial charge in [0, 0.05) is 36.7 Å². The summed E-state index contributed by atoms with van der Waals surface area (Å²) < 4.78 is 35.2. The van der Waals surface area contributed by atoms with E-state index in [-0.39, 0.29) is 31.6 Å². The zero-order valence-electron chi connectivity index (χ0n) is 44.1. The molecule has 3 rings (SSSR count). The summed E-state index contributed by atoms with van der Waals surface area (Å²) >= 11 is 0. The number of aliphatic hydroxyl groups excluding tert-OH is 10. The van der Waals surface area contributed by atoms with E-state index in [0.717, 1.165) is 0 Å². The molecule has 0 bridgehead atoms. The number of ketones is 1. The summed E-state index contributed by atoms with van der Waals surface area (Å²) in [6.07, 6.45) is 0.0647. The maximum Gasteiger partial charge on any atom is 0.529 e. The molecule has 15 unspecified atom stereocenters. The summed E-state index contributed by atoms with van der Waals surface area (Å²) in [6.45, 7) is 6.62. The maximum atomic E-state index is 13.1. The van der Waals surface area contributed by atoms with Crippen molar-refractivity contribution in [3.63, 3.8) is 0 Å². The van der Waals surface area contributed by atoms with Crippen LogP contribution in [0.2, 0.25) is 0 Å². The zero-order chi connectivity index (χ0) is 57.4. The van der Waals surface area contributed by atoms with E-state index in [9.17, 15) is 80.0 Å². The lowest BCUT2D eigenvalue weighted by Crippen LogP contribution is -2.63. The van der Waals surface area contributed by atoms with Gasteiger partial charge in [0.25, 0.3) is 5.78 Å². The number of carbonyl (C=O) groups excluding carboxylic acids is 2. The van der Waals surface area contributed by atoms with Gasteiger partial charge in [-0.3, -0.25) is 19.7 Å². The van der Waals surface area contributed by atoms with Crippen molar-refractivity contribution in [1.82, 2.24) is 5.32 Å². The average Bonchev–Trinajstić information content (AvgIpc) is 3.35. The number of hydrogen-bond donors (Lipinski definition) is 13. The smallest absolute Gasteiger partial charge is 0.497 e. The van der Waals surface area contributed by atoms with Crippen LogP contribution in [0.3, 0.4) is 0 Å². The number of esters is 1. The third-order valence-corrected chi connectivity index (χ3v) is 14.3. The average molecular weight is 1110 g/mol. The highest BCUT2D eigenvalue weighted by molar-refractivity contribution is 7.38. The lowest BCUT2D eigenvalue weighted by molar-refractivity contribution is -0.281. The summed E-state index contributed by atoms with van der Waals surface area (Å²) in [5, 5.41) is 122. The second-order valence-electron chi connectivity index (χ2n) is 19.7. The lowest BCUT2D eigenvalue weighted by atomic mass is 9.88. The molecule has 0 saturated carbocycles. The summed E-state index contributed by atoms with van der Waals surface area (Å²) in [4.78, 5) is 48.6. The number of methoxy groups -OCH3 is 1. The molecule has 0 aliphatic carbocycles. The van der Waals surface area contributed by atoms with Gasteiger partial charge in [-0.25, -0.2) is 0 Å². The number of aliphatic hydroxyl groups is 10. The Hall–Kier alpha value is -4.65. The van der Waals surface area contributed by atoms with Gasteiger partial charge >= 0.3 is 20.0 Å². The predicted octanol–water partition coefficient (Wildman–Crippen LogP) is 2.63. The molecule has 2 heterocycles. The first kappa shape index (κ1) is 66.6. The topological polar surface area (TPSA) is 360 Å². The minimum Gasteiger partial charge on any atom is -0.497 e. The Bertz CT molecular complexity index is 2180. The first-order chi connectivity index (χ1) is 36.4. The highest BCUT2D eigenvalue weighted by Gasteiger charge is 2.48. The monoisotopic (exact) mass is 1110 g/mol. The third kappa shape index (κ3) is 23.3. The summed E-state index contributed by atoms with van der Waals surface area (Å²) in [5.74, 6) is -6.99. The molecule has 1 saturated heterocycles. The number of nitrogens with one attached hydrogen (secondary N) is 1. The number of carboxylic acid groups (broad SMARTS) is 1. The van der Waals surface area contributed by atoms with Gasteiger partial charge in [-0.15, -0.1) is 0 Å². The molecule has 1 aromatic carbocycles. The van der Waals surface area contributed by atoms with Crippen molar-refractivity contribution in [3.8, 4) is 5.75 Å². The number of carboxylic acids is 1. The number of carbonyl (C=O) groups is 3. The molecule has 21 nitrogen and oxygen atoms in total. The highest BCUT2D eigenvalue weighted by Crippen LogP contribution is 2.38. The van der Waals surface area contributed by atoms with E-state index in [1.165, 1.54) is 38.3 Å². The van der Waals surface area contributed by atoms with Crippen LogP contribution < -0.4 is 10.1 Å². The standard InChI is InChI=1S/C55H80NO20P/c1-32-18-16-14-12-10-8-6-7-9-11-13-15-17-19-42(76-55-52(68)49(51(67)35(4)75-55)56-53(77(71)72)36-20-23-41(73-5)24-21-36)31-46(64)48(54(69)70)45(63)29-40(60)28-44(62)43(61)25-22-37(57)26-38(58)27-39(59)30-47(65)74-34(3)33(2)50(32)66/h6-21,23-24,32-35,37-39,42-46,48-53,55-59,61-64,66-68H,22,25-31H2,1-5H3,(H-,69,70,71,72)/p+1/b7-6+,10-8+,11-9+,14-12+,15-13+,18-16+,19-17+/t32?,33?,34?,35-,37?,38?,39?,42?,43?,44?,45?,46?,48?,49-,50?,51-,52+,53?,55-/m0/s1. The fraction of sp³-hybridized carbons (Fsp3) is 0.582. The Balaban J connectivity index is 1.88. The fourth-order valence-corrected chi connectivity index (χ4v) is 9.44. The number of rotatable bonds is 8. The first-order valence-corrected chi connectivity index (χ1v) is 27.0. The molecule has 0 spiro atoms. The van der Waals surface area contributed by atoms with Gasteiger partial charge in [-0.05, 0) is 68.4 Å². The van der Waals surface area contributed by atoms with E-state index in [1.807, 2.05) is 6.92 Å². The highest BCUT2D eigenvalue weighted by atomic mass is 31.1. The van der Waals surface area contributed by atoms with Crippen molar-refractivity contribution in [1.29, 1.82) is 0 Å². The van der Waals surface area contributed by atoms with Crippen molar-refractivity contribution in [2.45, 2.75) is 177 Å². The van der Waals surface area contributed by atoms with Crippen LogP contribution >= 0.6 is 8.03 Å². The van der Waals surface area contributed by atoms with E-state index in [4.69, 9.17) is 18.9 Å². The molecule has 0 aromatic heterocycles. The van der Waals surface area contributed by atoms with Crippen LogP contribution in [-0.2, 0) is 33.2 Å². The Morgan fingerprint density at radius 2 is 1.18 bits per heavy atom. The molecule has 1 fully saturated rings. The zero-order valence-corrected chi connectivity index (χ0v) is 45.0. The van der Waals surface area contributed by atoms with Gasteiger partial charge in [0.2, 0.25) is 0 Å². The van der Waals surface area contributed by atoms with E-state index >= 15 is 0 Å². The number of benzene rings is 1. The Morgan fingerprint density at radius 3 is 1.74 bits per heavy atom. The number of Topliss-reactive ketones (excluding diaryl/α,β-unsaturated/α-hetero) is 1. The van der Waals surface area contributed by atoms with Gasteiger partial charge < -0.3 is 75.1 Å². The summed E-state index contributed by atoms with van der Waals surface area (Å²) in [7, 11) is -1.54. The van der Waals surface area contributed by atoms with E-state index < -0.39 is 161 Å². The van der Waals surface area contributed by atoms with Gasteiger partial charge in [0.05, 0.1) is 86.7 Å². The normalized spacial score (nSPS) is 38.5. The molecule has 77 heavy (non-hydrogen) atoms. The second kappa shape index (κ2) is 34.4. The van der Waals surface area contributed by atoms with Gasteiger partial charge in [-0.2, -0.15) is 4.89 Å². The van der Waals surface area contributed by atoms with Crippen molar-refractivity contribution < 1.29 is 99.0 Å². The molecule has 430 valence electrons. The van der Waals surface area contributed by atoms with E-state index in [0.29, 0.717) is 11.3 Å². The maximum absolute atomic E-state index is 13.1. The Labute approximate surface area is 450 Å². The van der Waals surface area contributed by atoms with Crippen molar-refractivity contribution >= 4 is 25.7 Å². The van der Waals surface area contributed by atoms with Crippen LogP contribution in [0.4, 0.5) is 0 Å². The number of allylic oxidation sites excluding steroid dienone is 12. The SMILES string of the molecule is COc1ccc(C(N[C@H]2[C@@H](O)[C@H](C)O[C@@H](OC3/C=C/C=C/C=C/C=C/C=C/C=C/C=C/C(C)C(O)C(C)C(C)OC(=O)CC(O)CC(O)CC(O)CCC(O)C(O)CC(=O)CC(O)C(C(=O)O)C(O)C3)[C@@H]2O)[P+](=O)O)cc1. The molecule has 0 amide bonds. The number of hydrogen-bond acceptors (Lipinski definition) is 19. The Kier molecular flexibility index (Phi) is 29.7. The second-order valence-corrected chi connectivity index (χ2v) is 20.8. The minimum atomic E-state index is -2.99. The van der Waals surface area contributed by atoms with Gasteiger partial charge in [0.15, 0.2) is 6.29 Å². The quantitative estimate of drug-likeness (QED) is 0.131. The van der Waals surface area contributed by atoms with Crippen LogP contribution in [0, 0.1) is 17.8 Å². The number of aliphatic carboxylic acids is 1. The van der Waals surface area contributed by atoms with Crippen molar-refractivity contribution in [2.75, 3.05) is 7.11 Å². The van der Waals surface area contributed by atoms with Crippen LogP contribution in [0.1, 0.15) is 90.4 Å². The molecule has 22 heteroatoms. The molecular formula is C55H81NO20P+. The predicted molar refractivity (Wildman–Crippen MR) is 283 cm³/mol. The summed E-state index contributed by atoms with van der Waals surface area (Å²) in [5.41, 5.74) is 0.327. The van der Waals surface area contributed by atoms with Crippen LogP contribution in [0.5, 0.6) is 5.75 Å². The number of cyclic esters (lactones) is 1. The molecular weight excluding hydrogens is 1030 g/mol. The van der Waals surface area contributed by atoms with E-state index in [2.05, 4.69) is 5.32 Å². The van der Waals surface area contributed by atoms with Gasteiger partial charge in [0.1, 0.15) is 29.7 Å². The summed E-state index contributed by atoms with van der Waals surface area (Å²) in [6, 6.07) is 4.84. The largest absolute Gasteiger partial charge is 0.529 e. The molecule has 0 radical (unpaired) electrons. The van der Waals surface area contributed by atoms with Crippen molar-refractivity contribution in [3.05, 3.63) is 115 Å². The number of ether oxygens (including phenoxy) is 4. The molecule has 20 atom stereocenters. The molecule has 13 N–H and O–H groups in total. The Morgan fingerprint density at radius 1 is 0.636 bits per heavy atom. The minimum absolute atomic E-state index is 0.175. The van der Waals surface area contributed by atoms with Crippen molar-refractivity contribution in [2.24, 2.45) is 17.8 Å². The van der Waals surface area contributed by atoms with Crippen LogP contribution in [-0.4, -0.2) is 178 Å². The van der Waals surface area contributed by atoms with E-state index in [1.54, 1.807) is 98.9 Å². The third-order valence-electron chi connectivity index (χ3n) is 13.4. The molecule has 2 aliphatic rings. The molecule has 2 aliphatic heterocycles. The van der Waals surface area contributed by atoms with Gasteiger partial charge in [-0.1, -0.05) is 98.9 Å². The fourth-order valence-electron chi connectivity index (χ4n) is 8.71. The van der Waals surface area contributed by atoms with Crippen LogP contribution in [0.15, 0.2) is 109 Å². The first-order valence-electron chi connectivity index (χ1n) is 25.7. The molecule has 1 aromatic rings. The lowest BCUT2D eigenvalue weighted by Gasteiger charge is -2.43. The van der Waals surface area contributed by atoms with Crippen LogP contribution in [0.25, 0.3) is 0 Å².